The fraction of sp³-hybridized carbons (Fsp3) is 0.222. The van der Waals surface area contributed by atoms with E-state index in [4.69, 9.17) is 34.8 Å². The molecule has 1 amide bonds. The summed E-state index contributed by atoms with van der Waals surface area (Å²) in [6.45, 7) is 0. The Balaban J connectivity index is 2.65. The van der Waals surface area contributed by atoms with E-state index in [9.17, 15) is 4.79 Å². The van der Waals surface area contributed by atoms with Crippen LogP contribution >= 0.6 is 47.4 Å². The van der Waals surface area contributed by atoms with Gasteiger partial charge in [0.15, 0.2) is 3.67 Å². The number of thiol groups is 1. The van der Waals surface area contributed by atoms with Gasteiger partial charge in [0.25, 0.3) is 5.91 Å². The number of hydrogen-bond acceptors (Lipinski definition) is 2. The van der Waals surface area contributed by atoms with Gasteiger partial charge in [-0.15, -0.1) is 12.6 Å². The Bertz CT molecular complexity index is 339. The van der Waals surface area contributed by atoms with Crippen molar-refractivity contribution in [3.63, 3.8) is 0 Å². The van der Waals surface area contributed by atoms with Crippen molar-refractivity contribution >= 4 is 53.3 Å². The van der Waals surface area contributed by atoms with E-state index in [1.165, 1.54) is 0 Å². The third-order valence-corrected chi connectivity index (χ3v) is 3.11. The summed E-state index contributed by atoms with van der Waals surface area (Å²) in [4.78, 5) is 11.6. The minimum Gasteiger partial charge on any atom is -0.332 e. The molecule has 0 saturated carbocycles. The van der Waals surface area contributed by atoms with Crippen LogP contribution in [-0.2, 0) is 0 Å². The number of rotatable bonds is 3. The molecule has 6 heteroatoms. The lowest BCUT2D eigenvalue weighted by Gasteiger charge is -2.20. The van der Waals surface area contributed by atoms with Gasteiger partial charge in [-0.2, -0.15) is 0 Å². The van der Waals surface area contributed by atoms with Crippen molar-refractivity contribution in [2.45, 2.75) is 9.17 Å². The zero-order chi connectivity index (χ0) is 11.5. The van der Waals surface area contributed by atoms with Crippen molar-refractivity contribution in [1.29, 1.82) is 0 Å². The van der Waals surface area contributed by atoms with E-state index in [0.717, 1.165) is 0 Å². The van der Waals surface area contributed by atoms with Crippen LogP contribution in [0.3, 0.4) is 0 Å². The molecule has 1 N–H and O–H groups in total. The second-order valence-corrected chi connectivity index (χ2v) is 5.84. The molecule has 0 saturated heterocycles. The minimum atomic E-state index is -1.51. The summed E-state index contributed by atoms with van der Waals surface area (Å²) in [5, 5.41) is 2.42. The third kappa shape index (κ3) is 4.11. The number of benzene rings is 1. The average Bonchev–Trinajstić information content (AvgIpc) is 2.17. The molecule has 1 aromatic rings. The van der Waals surface area contributed by atoms with Crippen LogP contribution < -0.4 is 5.32 Å². The lowest BCUT2D eigenvalue weighted by atomic mass is 10.2. The molecule has 0 bridgehead atoms. The highest BCUT2D eigenvalue weighted by Gasteiger charge is 2.30. The third-order valence-electron chi connectivity index (χ3n) is 1.60. The van der Waals surface area contributed by atoms with Gasteiger partial charge < -0.3 is 5.32 Å². The molecule has 0 radical (unpaired) electrons. The van der Waals surface area contributed by atoms with Gasteiger partial charge in [0.2, 0.25) is 0 Å². The van der Waals surface area contributed by atoms with Gasteiger partial charge in [-0.1, -0.05) is 53.0 Å². The van der Waals surface area contributed by atoms with Crippen LogP contribution in [0.2, 0.25) is 0 Å². The molecule has 0 heterocycles. The molecule has 1 aromatic carbocycles. The minimum absolute atomic E-state index is 0.352. The maximum atomic E-state index is 11.6. The molecule has 1 atom stereocenters. The van der Waals surface area contributed by atoms with E-state index < -0.39 is 9.17 Å². The second kappa shape index (κ2) is 5.30. The van der Waals surface area contributed by atoms with Gasteiger partial charge >= 0.3 is 0 Å². The zero-order valence-electron chi connectivity index (χ0n) is 7.45. The Morgan fingerprint density at radius 1 is 1.33 bits per heavy atom. The molecule has 0 aliphatic heterocycles. The molecule has 15 heavy (non-hydrogen) atoms. The first-order chi connectivity index (χ1) is 6.91. The normalized spacial score (nSPS) is 13.3. The first-order valence-electron chi connectivity index (χ1n) is 4.01. The van der Waals surface area contributed by atoms with E-state index in [1.54, 1.807) is 30.3 Å². The van der Waals surface area contributed by atoms with Crippen molar-refractivity contribution in [2.24, 2.45) is 0 Å². The fourth-order valence-electron chi connectivity index (χ4n) is 0.875. The first-order valence-corrected chi connectivity index (χ1v) is 5.65. The van der Waals surface area contributed by atoms with Crippen LogP contribution in [0, 0.1) is 0 Å². The smallest absolute Gasteiger partial charge is 0.252 e. The molecule has 2 nitrogen and oxygen atoms in total. The van der Waals surface area contributed by atoms with Crippen molar-refractivity contribution in [2.75, 3.05) is 0 Å². The van der Waals surface area contributed by atoms with Gasteiger partial charge in [-0.05, 0) is 12.1 Å². The number of halogens is 3. The van der Waals surface area contributed by atoms with Gasteiger partial charge in [0.05, 0.1) is 0 Å². The summed E-state index contributed by atoms with van der Waals surface area (Å²) in [6, 6.07) is 8.60. The highest BCUT2D eigenvalue weighted by molar-refractivity contribution is 7.85. The topological polar surface area (TPSA) is 29.1 Å². The molecule has 0 aromatic heterocycles. The molecular weight excluding hydrogens is 277 g/mol. The maximum Gasteiger partial charge on any atom is 0.252 e. The van der Waals surface area contributed by atoms with Crippen molar-refractivity contribution in [1.82, 2.24) is 5.32 Å². The molecule has 1 unspecified atom stereocenters. The van der Waals surface area contributed by atoms with Crippen LogP contribution in [0.5, 0.6) is 0 Å². The molecule has 0 fully saturated rings. The van der Waals surface area contributed by atoms with Crippen LogP contribution in [0.15, 0.2) is 30.3 Å². The number of nitrogens with one attached hydrogen (secondary N) is 1. The molecule has 1 rings (SSSR count). The van der Waals surface area contributed by atoms with E-state index in [-0.39, 0.29) is 5.91 Å². The summed E-state index contributed by atoms with van der Waals surface area (Å²) in [5.74, 6) is -0.352. The van der Waals surface area contributed by atoms with Gasteiger partial charge in [0.1, 0.15) is 5.50 Å². The molecule has 0 aliphatic rings. The van der Waals surface area contributed by atoms with Crippen LogP contribution in [-0.4, -0.2) is 15.1 Å². The van der Waals surface area contributed by atoms with Crippen LogP contribution in [0.25, 0.3) is 0 Å². The Kier molecular flexibility index (Phi) is 4.59. The van der Waals surface area contributed by atoms with E-state index in [1.807, 2.05) is 0 Å². The Labute approximate surface area is 108 Å². The predicted molar refractivity (Wildman–Crippen MR) is 67.0 cm³/mol. The number of carbonyl (C=O) groups is 1. The zero-order valence-corrected chi connectivity index (χ0v) is 10.6. The summed E-state index contributed by atoms with van der Waals surface area (Å²) in [7, 11) is 0. The summed E-state index contributed by atoms with van der Waals surface area (Å²) >= 11 is 20.7. The quantitative estimate of drug-likeness (QED) is 0.499. The number of amides is 1. The monoisotopic (exact) mass is 283 g/mol. The van der Waals surface area contributed by atoms with Crippen molar-refractivity contribution in [3.05, 3.63) is 35.9 Å². The number of hydrogen-bond donors (Lipinski definition) is 2. The largest absolute Gasteiger partial charge is 0.332 e. The SMILES string of the molecule is O=C(NC(Cl)C(S)(Cl)Cl)c1ccccc1. The highest BCUT2D eigenvalue weighted by Crippen LogP contribution is 2.31. The van der Waals surface area contributed by atoms with Gasteiger partial charge in [-0.25, -0.2) is 0 Å². The van der Waals surface area contributed by atoms with Gasteiger partial charge in [-0.3, -0.25) is 4.79 Å². The molecule has 0 spiro atoms. The molecule has 0 aliphatic carbocycles. The Hall–Kier alpha value is -0.0900. The second-order valence-electron chi connectivity index (χ2n) is 2.79. The summed E-state index contributed by atoms with van der Waals surface area (Å²) in [6.07, 6.45) is 0. The summed E-state index contributed by atoms with van der Waals surface area (Å²) in [5.41, 5.74) is -0.495. The van der Waals surface area contributed by atoms with E-state index in [0.29, 0.717) is 5.56 Å². The lowest BCUT2D eigenvalue weighted by molar-refractivity contribution is 0.0949. The van der Waals surface area contributed by atoms with Gasteiger partial charge in [0, 0.05) is 5.56 Å². The van der Waals surface area contributed by atoms with E-state index in [2.05, 4.69) is 17.9 Å². The first kappa shape index (κ1) is 13.0. The summed E-state index contributed by atoms with van der Waals surface area (Å²) < 4.78 is -1.51. The number of alkyl halides is 3. The molecule has 82 valence electrons. The standard InChI is InChI=1S/C9H8Cl3NOS/c10-8(9(11,12)15)13-7(14)6-4-2-1-3-5-6/h1-5,8,15H,(H,13,14). The highest BCUT2D eigenvalue weighted by atomic mass is 35.5. The predicted octanol–water partition coefficient (Wildman–Crippen LogP) is 3.04. The van der Waals surface area contributed by atoms with Crippen LogP contribution in [0.1, 0.15) is 10.4 Å². The van der Waals surface area contributed by atoms with E-state index >= 15 is 0 Å². The molecular formula is C9H8Cl3NOS. The average molecular weight is 285 g/mol. The van der Waals surface area contributed by atoms with Crippen LogP contribution in [0.4, 0.5) is 0 Å². The van der Waals surface area contributed by atoms with Crippen molar-refractivity contribution < 1.29 is 4.79 Å². The number of carbonyl (C=O) groups excluding carboxylic acids is 1. The lowest BCUT2D eigenvalue weighted by Crippen LogP contribution is -2.39. The maximum absolute atomic E-state index is 11.6. The fourth-order valence-corrected chi connectivity index (χ4v) is 1.15. The van der Waals surface area contributed by atoms with Crippen molar-refractivity contribution in [3.8, 4) is 0 Å². The Morgan fingerprint density at radius 3 is 2.33 bits per heavy atom. The Morgan fingerprint density at radius 2 is 1.87 bits per heavy atom.